The van der Waals surface area contributed by atoms with Gasteiger partial charge >= 0.3 is 0 Å². The van der Waals surface area contributed by atoms with E-state index >= 15 is 0 Å². The van der Waals surface area contributed by atoms with Gasteiger partial charge in [-0.05, 0) is 49.4 Å². The van der Waals surface area contributed by atoms with E-state index in [0.29, 0.717) is 33.7 Å². The number of ether oxygens (including phenoxy) is 2. The van der Waals surface area contributed by atoms with Crippen LogP contribution in [0.4, 0.5) is 5.69 Å². The maximum absolute atomic E-state index is 12.7. The van der Waals surface area contributed by atoms with E-state index in [1.54, 1.807) is 36.4 Å². The van der Waals surface area contributed by atoms with Gasteiger partial charge in [0.25, 0.3) is 5.91 Å². The van der Waals surface area contributed by atoms with Crippen molar-refractivity contribution in [1.82, 2.24) is 0 Å². The predicted molar refractivity (Wildman–Crippen MR) is 113 cm³/mol. The summed E-state index contributed by atoms with van der Waals surface area (Å²) in [6.07, 6.45) is 0. The van der Waals surface area contributed by atoms with Crippen LogP contribution < -0.4 is 14.8 Å². The average molecular weight is 416 g/mol. The van der Waals surface area contributed by atoms with Crippen molar-refractivity contribution in [3.63, 3.8) is 0 Å². The average Bonchev–Trinajstić information content (AvgIpc) is 2.71. The molecule has 0 radical (unpaired) electrons. The smallest absolute Gasteiger partial charge is 0.255 e. The number of benzene rings is 3. The summed E-state index contributed by atoms with van der Waals surface area (Å²) in [5.41, 5.74) is 1.69. The Morgan fingerprint density at radius 1 is 0.964 bits per heavy atom. The summed E-state index contributed by atoms with van der Waals surface area (Å²) in [5.74, 6) is 1.12. The molecule has 0 aliphatic heterocycles. The molecular formula is C22H19Cl2NO3. The fourth-order valence-electron chi connectivity index (χ4n) is 2.60. The molecule has 3 aromatic carbocycles. The molecular weight excluding hydrogens is 397 g/mol. The minimum atomic E-state index is -0.298. The first kappa shape index (κ1) is 20.1. The summed E-state index contributed by atoms with van der Waals surface area (Å²) < 4.78 is 11.5. The van der Waals surface area contributed by atoms with Crippen LogP contribution in [0.2, 0.25) is 10.0 Å². The topological polar surface area (TPSA) is 47.6 Å². The van der Waals surface area contributed by atoms with Gasteiger partial charge in [-0.2, -0.15) is 0 Å². The summed E-state index contributed by atoms with van der Waals surface area (Å²) in [6, 6.07) is 19.8. The maximum Gasteiger partial charge on any atom is 0.255 e. The lowest BCUT2D eigenvalue weighted by Crippen LogP contribution is -2.13. The Morgan fingerprint density at radius 3 is 2.50 bits per heavy atom. The van der Waals surface area contributed by atoms with Crippen molar-refractivity contribution in [2.75, 3.05) is 11.9 Å². The molecule has 3 aromatic rings. The normalized spacial score (nSPS) is 10.4. The lowest BCUT2D eigenvalue weighted by molar-refractivity contribution is 0.102. The molecule has 0 aliphatic rings. The van der Waals surface area contributed by atoms with E-state index in [4.69, 9.17) is 32.7 Å². The number of amides is 1. The second-order valence-electron chi connectivity index (χ2n) is 5.91. The zero-order valence-corrected chi connectivity index (χ0v) is 16.8. The standard InChI is InChI=1S/C22H19Cl2NO3/c1-2-27-20-12-11-15(13-16(20)14-28-17-7-4-3-5-8-17)22(26)25-19-10-6-9-18(23)21(19)24/h3-13H,2,14H2,1H3,(H,25,26). The van der Waals surface area contributed by atoms with Crippen LogP contribution in [0.1, 0.15) is 22.8 Å². The highest BCUT2D eigenvalue weighted by molar-refractivity contribution is 6.44. The Morgan fingerprint density at radius 2 is 1.75 bits per heavy atom. The van der Waals surface area contributed by atoms with Crippen LogP contribution in [-0.4, -0.2) is 12.5 Å². The zero-order valence-electron chi connectivity index (χ0n) is 15.2. The molecule has 0 fully saturated rings. The van der Waals surface area contributed by atoms with Crippen LogP contribution in [0.25, 0.3) is 0 Å². The van der Waals surface area contributed by atoms with E-state index in [9.17, 15) is 4.79 Å². The largest absolute Gasteiger partial charge is 0.493 e. The molecule has 0 saturated heterocycles. The lowest BCUT2D eigenvalue weighted by atomic mass is 10.1. The third-order valence-corrected chi connectivity index (χ3v) is 4.78. The van der Waals surface area contributed by atoms with Crippen molar-refractivity contribution in [3.05, 3.63) is 87.9 Å². The molecule has 3 rings (SSSR count). The van der Waals surface area contributed by atoms with E-state index in [2.05, 4.69) is 5.32 Å². The SMILES string of the molecule is CCOc1ccc(C(=O)Nc2cccc(Cl)c2Cl)cc1COc1ccccc1. The van der Waals surface area contributed by atoms with E-state index < -0.39 is 0 Å². The van der Waals surface area contributed by atoms with Crippen molar-refractivity contribution in [2.45, 2.75) is 13.5 Å². The molecule has 0 aliphatic carbocycles. The van der Waals surface area contributed by atoms with Crippen molar-refractivity contribution in [1.29, 1.82) is 0 Å². The Hall–Kier alpha value is -2.69. The van der Waals surface area contributed by atoms with E-state index in [1.807, 2.05) is 37.3 Å². The highest BCUT2D eigenvalue weighted by Crippen LogP contribution is 2.30. The molecule has 0 unspecified atom stereocenters. The van der Waals surface area contributed by atoms with Crippen LogP contribution in [0.15, 0.2) is 66.7 Å². The minimum absolute atomic E-state index is 0.276. The molecule has 0 saturated carbocycles. The number of anilines is 1. The van der Waals surface area contributed by atoms with Crippen LogP contribution in [0.3, 0.4) is 0 Å². The zero-order chi connectivity index (χ0) is 19.9. The fourth-order valence-corrected chi connectivity index (χ4v) is 2.95. The first-order chi connectivity index (χ1) is 13.6. The van der Waals surface area contributed by atoms with Crippen LogP contribution >= 0.6 is 23.2 Å². The molecule has 28 heavy (non-hydrogen) atoms. The third-order valence-electron chi connectivity index (χ3n) is 3.96. The number of nitrogens with one attached hydrogen (secondary N) is 1. The summed E-state index contributed by atoms with van der Waals surface area (Å²) >= 11 is 12.2. The number of halogens is 2. The number of carbonyl (C=O) groups excluding carboxylic acids is 1. The maximum atomic E-state index is 12.7. The third kappa shape index (κ3) is 4.97. The second-order valence-corrected chi connectivity index (χ2v) is 6.70. The van der Waals surface area contributed by atoms with E-state index in [0.717, 1.165) is 11.3 Å². The van der Waals surface area contributed by atoms with Gasteiger partial charge in [0.1, 0.15) is 18.1 Å². The summed E-state index contributed by atoms with van der Waals surface area (Å²) in [5, 5.41) is 3.46. The molecule has 1 N–H and O–H groups in total. The summed E-state index contributed by atoms with van der Waals surface area (Å²) in [4.78, 5) is 12.7. The summed E-state index contributed by atoms with van der Waals surface area (Å²) in [7, 11) is 0. The molecule has 1 amide bonds. The molecule has 144 valence electrons. The van der Waals surface area contributed by atoms with Gasteiger partial charge in [0.2, 0.25) is 0 Å². The monoisotopic (exact) mass is 415 g/mol. The highest BCUT2D eigenvalue weighted by atomic mass is 35.5. The predicted octanol–water partition coefficient (Wildman–Crippen LogP) is 6.22. The summed E-state index contributed by atoms with van der Waals surface area (Å²) in [6.45, 7) is 2.70. The molecule has 0 aromatic heterocycles. The first-order valence-corrected chi connectivity index (χ1v) is 9.53. The quantitative estimate of drug-likeness (QED) is 0.497. The number of hydrogen-bond donors (Lipinski definition) is 1. The molecule has 0 spiro atoms. The van der Waals surface area contributed by atoms with Gasteiger partial charge in [-0.1, -0.05) is 47.5 Å². The number of para-hydroxylation sites is 1. The van der Waals surface area contributed by atoms with Gasteiger partial charge in [-0.15, -0.1) is 0 Å². The van der Waals surface area contributed by atoms with Crippen molar-refractivity contribution in [2.24, 2.45) is 0 Å². The Labute approximate surface area is 174 Å². The van der Waals surface area contributed by atoms with Crippen LogP contribution in [0.5, 0.6) is 11.5 Å². The number of carbonyl (C=O) groups is 1. The van der Waals surface area contributed by atoms with E-state index in [1.165, 1.54) is 0 Å². The molecule has 0 atom stereocenters. The van der Waals surface area contributed by atoms with E-state index in [-0.39, 0.29) is 12.5 Å². The van der Waals surface area contributed by atoms with Gasteiger partial charge in [-0.3, -0.25) is 4.79 Å². The molecule has 6 heteroatoms. The van der Waals surface area contributed by atoms with Gasteiger partial charge < -0.3 is 14.8 Å². The lowest BCUT2D eigenvalue weighted by Gasteiger charge is -2.14. The van der Waals surface area contributed by atoms with Crippen molar-refractivity contribution < 1.29 is 14.3 Å². The fraction of sp³-hybridized carbons (Fsp3) is 0.136. The Bertz CT molecular complexity index is 961. The van der Waals surface area contributed by atoms with Gasteiger partial charge in [0, 0.05) is 11.1 Å². The van der Waals surface area contributed by atoms with Gasteiger partial charge in [0.05, 0.1) is 22.3 Å². The van der Waals surface area contributed by atoms with Crippen LogP contribution in [0, 0.1) is 0 Å². The molecule has 4 nitrogen and oxygen atoms in total. The van der Waals surface area contributed by atoms with Gasteiger partial charge in [0.15, 0.2) is 0 Å². The molecule has 0 bridgehead atoms. The first-order valence-electron chi connectivity index (χ1n) is 8.77. The Balaban J connectivity index is 1.81. The highest BCUT2D eigenvalue weighted by Gasteiger charge is 2.14. The van der Waals surface area contributed by atoms with Gasteiger partial charge in [-0.25, -0.2) is 0 Å². The minimum Gasteiger partial charge on any atom is -0.493 e. The number of hydrogen-bond acceptors (Lipinski definition) is 3. The van der Waals surface area contributed by atoms with Crippen molar-refractivity contribution in [3.8, 4) is 11.5 Å². The Kier molecular flexibility index (Phi) is 6.80. The van der Waals surface area contributed by atoms with Crippen molar-refractivity contribution >= 4 is 34.8 Å². The second kappa shape index (κ2) is 9.49. The van der Waals surface area contributed by atoms with Crippen LogP contribution in [-0.2, 0) is 6.61 Å². The number of rotatable bonds is 7. The molecule has 0 heterocycles.